The van der Waals surface area contributed by atoms with Gasteiger partial charge >= 0.3 is 0 Å². The first-order valence-corrected chi connectivity index (χ1v) is 14.7. The highest BCUT2D eigenvalue weighted by Crippen LogP contribution is 2.26. The van der Waals surface area contributed by atoms with Gasteiger partial charge in [-0.05, 0) is 73.6 Å². The van der Waals surface area contributed by atoms with Gasteiger partial charge in [0, 0.05) is 31.9 Å². The molecule has 2 aliphatic rings. The number of nitrogens with one attached hydrogen (secondary N) is 2. The number of rotatable bonds is 9. The molecule has 1 aliphatic heterocycles. The van der Waals surface area contributed by atoms with Crippen LogP contribution in [0.2, 0.25) is 0 Å². The highest BCUT2D eigenvalue weighted by Gasteiger charge is 2.37. The van der Waals surface area contributed by atoms with Crippen molar-refractivity contribution >= 4 is 21.6 Å². The van der Waals surface area contributed by atoms with Crippen molar-refractivity contribution in [3.05, 3.63) is 54.1 Å². The molecule has 2 aromatic carbocycles. The minimum absolute atomic E-state index is 0.00866. The summed E-state index contributed by atoms with van der Waals surface area (Å²) in [5, 5.41) is 3.14. The molecule has 36 heavy (non-hydrogen) atoms. The summed E-state index contributed by atoms with van der Waals surface area (Å²) in [5.41, 5.74) is 7.41. The molecule has 4 rings (SSSR count). The van der Waals surface area contributed by atoms with Crippen molar-refractivity contribution < 1.29 is 17.9 Å². The first-order chi connectivity index (χ1) is 17.2. The van der Waals surface area contributed by atoms with E-state index in [0.29, 0.717) is 35.9 Å². The highest BCUT2D eigenvalue weighted by molar-refractivity contribution is 7.92. The van der Waals surface area contributed by atoms with Gasteiger partial charge in [0.1, 0.15) is 11.5 Å². The van der Waals surface area contributed by atoms with Crippen LogP contribution in [0.15, 0.2) is 48.5 Å². The fraction of sp³-hybridized carbons (Fsp3) is 0.519. The first-order valence-electron chi connectivity index (χ1n) is 12.8. The predicted octanol–water partition coefficient (Wildman–Crippen LogP) is 3.84. The summed E-state index contributed by atoms with van der Waals surface area (Å²) in [5.74, 6) is 1.94. The van der Waals surface area contributed by atoms with E-state index in [9.17, 15) is 13.2 Å². The summed E-state index contributed by atoms with van der Waals surface area (Å²) in [6, 6.07) is 14.7. The minimum atomic E-state index is -3.31. The van der Waals surface area contributed by atoms with Crippen LogP contribution in [0.5, 0.6) is 11.5 Å². The van der Waals surface area contributed by atoms with Crippen molar-refractivity contribution in [1.82, 2.24) is 10.2 Å². The largest absolute Gasteiger partial charge is 0.457 e. The second kappa shape index (κ2) is 11.6. The smallest absolute Gasteiger partial charge is 0.240 e. The molecule has 2 fully saturated rings. The number of hydrogen-bond acceptors (Lipinski definition) is 6. The Morgan fingerprint density at radius 2 is 1.58 bits per heavy atom. The van der Waals surface area contributed by atoms with Crippen molar-refractivity contribution in [2.24, 2.45) is 11.7 Å². The molecule has 1 saturated heterocycles. The number of benzene rings is 2. The fourth-order valence-corrected chi connectivity index (χ4v) is 5.57. The summed E-state index contributed by atoms with van der Waals surface area (Å²) in [7, 11) is -3.31. The molecule has 8 nitrogen and oxygen atoms in total. The molecule has 2 aromatic rings. The Labute approximate surface area is 214 Å². The Bertz CT molecular complexity index is 1110. The van der Waals surface area contributed by atoms with Crippen molar-refractivity contribution in [3.8, 4) is 11.5 Å². The number of carbonyl (C=O) groups excluding carboxylic acids is 1. The normalized spacial score (nSPS) is 18.9. The summed E-state index contributed by atoms with van der Waals surface area (Å²) in [4.78, 5) is 15.1. The lowest BCUT2D eigenvalue weighted by molar-refractivity contribution is -0.128. The zero-order valence-electron chi connectivity index (χ0n) is 21.0. The van der Waals surface area contributed by atoms with Gasteiger partial charge in [-0.2, -0.15) is 0 Å². The van der Waals surface area contributed by atoms with E-state index >= 15 is 0 Å². The molecule has 0 spiro atoms. The van der Waals surface area contributed by atoms with Gasteiger partial charge in [0.15, 0.2) is 0 Å². The molecule has 1 saturated carbocycles. The zero-order chi connectivity index (χ0) is 25.6. The van der Waals surface area contributed by atoms with E-state index in [0.717, 1.165) is 32.4 Å². The molecule has 0 bridgehead atoms. The van der Waals surface area contributed by atoms with Crippen LogP contribution < -0.4 is 20.5 Å². The number of nitrogens with two attached hydrogens (primary N) is 1. The molecule has 0 radical (unpaired) electrons. The Kier molecular flexibility index (Phi) is 8.54. The molecular formula is C27H38N4O4S. The molecule has 9 heteroatoms. The molecule has 1 amide bonds. The van der Waals surface area contributed by atoms with E-state index in [-0.39, 0.29) is 5.91 Å². The fourth-order valence-electron chi connectivity index (χ4n) is 5.00. The van der Waals surface area contributed by atoms with E-state index in [1.807, 2.05) is 24.3 Å². The number of likely N-dealkylation sites (tertiary alicyclic amines) is 1. The SMILES string of the molecule is CS(=O)(=O)Nc1ccc(Oc2ccc(CN3CCC(N)(C(=O)NCC4CCCCC4)CC3)cc2)cc1. The molecule has 1 heterocycles. The van der Waals surface area contributed by atoms with E-state index in [1.54, 1.807) is 24.3 Å². The molecule has 0 atom stereocenters. The number of anilines is 1. The lowest BCUT2D eigenvalue weighted by Crippen LogP contribution is -2.59. The van der Waals surface area contributed by atoms with E-state index in [2.05, 4.69) is 14.9 Å². The van der Waals surface area contributed by atoms with Crippen LogP contribution in [0.3, 0.4) is 0 Å². The van der Waals surface area contributed by atoms with Gasteiger partial charge in [-0.15, -0.1) is 0 Å². The minimum Gasteiger partial charge on any atom is -0.457 e. The monoisotopic (exact) mass is 514 g/mol. The summed E-state index contributed by atoms with van der Waals surface area (Å²) in [6.07, 6.45) is 8.73. The topological polar surface area (TPSA) is 114 Å². The molecule has 0 aromatic heterocycles. The number of nitrogens with zero attached hydrogens (tertiary/aromatic N) is 1. The Balaban J connectivity index is 1.22. The van der Waals surface area contributed by atoms with E-state index < -0.39 is 15.6 Å². The van der Waals surface area contributed by atoms with Crippen molar-refractivity contribution in [1.29, 1.82) is 0 Å². The first kappa shape index (κ1) is 26.4. The number of hydrogen-bond donors (Lipinski definition) is 3. The van der Waals surface area contributed by atoms with Gasteiger partial charge in [0.05, 0.1) is 11.8 Å². The quantitative estimate of drug-likeness (QED) is 0.469. The van der Waals surface area contributed by atoms with Crippen LogP contribution in [0.4, 0.5) is 5.69 Å². The Morgan fingerprint density at radius 1 is 1.00 bits per heavy atom. The van der Waals surface area contributed by atoms with Gasteiger partial charge in [0.25, 0.3) is 0 Å². The lowest BCUT2D eigenvalue weighted by atomic mass is 9.86. The van der Waals surface area contributed by atoms with Crippen LogP contribution in [-0.4, -0.2) is 50.7 Å². The van der Waals surface area contributed by atoms with Crippen LogP contribution in [0, 0.1) is 5.92 Å². The second-order valence-electron chi connectivity index (χ2n) is 10.3. The van der Waals surface area contributed by atoms with Gasteiger partial charge in [-0.3, -0.25) is 14.4 Å². The zero-order valence-corrected chi connectivity index (χ0v) is 21.9. The summed E-state index contributed by atoms with van der Waals surface area (Å²) >= 11 is 0. The summed E-state index contributed by atoms with van der Waals surface area (Å²) < 4.78 is 31.0. The van der Waals surface area contributed by atoms with Gasteiger partial charge in [0.2, 0.25) is 15.9 Å². The molecule has 0 unspecified atom stereocenters. The predicted molar refractivity (Wildman–Crippen MR) is 142 cm³/mol. The van der Waals surface area contributed by atoms with Crippen LogP contribution in [-0.2, 0) is 21.4 Å². The number of amides is 1. The molecule has 196 valence electrons. The third-order valence-corrected chi connectivity index (χ3v) is 7.81. The second-order valence-corrected chi connectivity index (χ2v) is 12.0. The van der Waals surface area contributed by atoms with Gasteiger partial charge in [-0.1, -0.05) is 31.4 Å². The summed E-state index contributed by atoms with van der Waals surface area (Å²) in [6.45, 7) is 3.14. The van der Waals surface area contributed by atoms with Crippen LogP contribution in [0.25, 0.3) is 0 Å². The van der Waals surface area contributed by atoms with Crippen molar-refractivity contribution in [2.75, 3.05) is 30.6 Å². The Morgan fingerprint density at radius 3 is 2.17 bits per heavy atom. The number of sulfonamides is 1. The molecular weight excluding hydrogens is 476 g/mol. The van der Waals surface area contributed by atoms with Crippen molar-refractivity contribution in [2.45, 2.75) is 57.0 Å². The standard InChI is InChI=1S/C27H38N4O4S/c1-36(33,34)30-23-9-13-25(14-10-23)35-24-11-7-22(8-12-24)20-31-17-15-27(28,16-18-31)26(32)29-19-21-5-3-2-4-6-21/h7-14,21,30H,2-6,15-20,28H2,1H3,(H,29,32). The van der Waals surface area contributed by atoms with E-state index in [4.69, 9.17) is 10.5 Å². The number of carbonyl (C=O) groups is 1. The number of piperidine rings is 1. The van der Waals surface area contributed by atoms with E-state index in [1.165, 1.54) is 37.7 Å². The van der Waals surface area contributed by atoms with Crippen LogP contribution in [0.1, 0.15) is 50.5 Å². The number of ether oxygens (including phenoxy) is 1. The average Bonchev–Trinajstić information content (AvgIpc) is 2.86. The Hall–Kier alpha value is -2.62. The van der Waals surface area contributed by atoms with Crippen molar-refractivity contribution in [3.63, 3.8) is 0 Å². The van der Waals surface area contributed by atoms with Crippen LogP contribution >= 0.6 is 0 Å². The maximum absolute atomic E-state index is 12.8. The van der Waals surface area contributed by atoms with Gasteiger partial charge in [-0.25, -0.2) is 8.42 Å². The van der Waals surface area contributed by atoms with Gasteiger partial charge < -0.3 is 15.8 Å². The highest BCUT2D eigenvalue weighted by atomic mass is 32.2. The third-order valence-electron chi connectivity index (χ3n) is 7.20. The lowest BCUT2D eigenvalue weighted by Gasteiger charge is -2.38. The third kappa shape index (κ3) is 7.69. The molecule has 1 aliphatic carbocycles. The maximum atomic E-state index is 12.8. The molecule has 4 N–H and O–H groups in total. The maximum Gasteiger partial charge on any atom is 0.240 e. The average molecular weight is 515 g/mol.